The summed E-state index contributed by atoms with van der Waals surface area (Å²) in [7, 11) is 2.07. The summed E-state index contributed by atoms with van der Waals surface area (Å²) in [6, 6.07) is 12.3. The molecule has 1 atom stereocenters. The van der Waals surface area contributed by atoms with Gasteiger partial charge >= 0.3 is 0 Å². The van der Waals surface area contributed by atoms with Crippen LogP contribution in [0.1, 0.15) is 51.1 Å². The van der Waals surface area contributed by atoms with Gasteiger partial charge in [-0.2, -0.15) is 0 Å². The van der Waals surface area contributed by atoms with E-state index in [0.29, 0.717) is 6.04 Å². The number of nitrogens with zero attached hydrogens (tertiary/aromatic N) is 1. The van der Waals surface area contributed by atoms with Crippen LogP contribution in [0.15, 0.2) is 30.3 Å². The van der Waals surface area contributed by atoms with E-state index in [1.807, 2.05) is 0 Å². The predicted octanol–water partition coefficient (Wildman–Crippen LogP) is 3.85. The molecule has 0 aromatic heterocycles. The summed E-state index contributed by atoms with van der Waals surface area (Å²) in [4.78, 5) is 2.77. The minimum absolute atomic E-state index is 0.506. The monoisotopic (exact) mass is 274 g/mol. The lowest BCUT2D eigenvalue weighted by atomic mass is 10.0. The van der Waals surface area contributed by atoms with Crippen molar-refractivity contribution in [2.45, 2.75) is 51.6 Å². The van der Waals surface area contributed by atoms with Gasteiger partial charge in [0.05, 0.1) is 0 Å². The molecule has 1 N–H and O–H groups in total. The number of hydrogen-bond donors (Lipinski definition) is 1. The van der Waals surface area contributed by atoms with Crippen molar-refractivity contribution >= 4 is 0 Å². The fourth-order valence-corrected chi connectivity index (χ4v) is 3.48. The molecule has 2 heteroatoms. The lowest BCUT2D eigenvalue weighted by molar-refractivity contribution is 0.117. The Labute approximate surface area is 124 Å². The van der Waals surface area contributed by atoms with Crippen LogP contribution in [-0.2, 0) is 0 Å². The molecule has 1 aliphatic rings. The van der Waals surface area contributed by atoms with Gasteiger partial charge in [0.25, 0.3) is 0 Å². The fraction of sp³-hybridized carbons (Fsp3) is 0.667. The lowest BCUT2D eigenvalue weighted by Crippen LogP contribution is -2.42. The van der Waals surface area contributed by atoms with Gasteiger partial charge in [-0.3, -0.25) is 4.90 Å². The van der Waals surface area contributed by atoms with E-state index in [0.717, 1.165) is 18.5 Å². The number of benzene rings is 1. The molecule has 0 bridgehead atoms. The first-order chi connectivity index (χ1) is 9.72. The molecule has 0 amide bonds. The zero-order chi connectivity index (χ0) is 14.4. The standard InChI is InChI=1S/C18H30N2/c1-15(2)14-20(17-11-7-8-12-17)18(13-19-3)16-9-5-4-6-10-16/h4-6,9-10,15,17-19H,7-8,11-14H2,1-3H3. The summed E-state index contributed by atoms with van der Waals surface area (Å²) in [5.74, 6) is 0.721. The molecule has 1 unspecified atom stereocenters. The molecule has 112 valence electrons. The average molecular weight is 274 g/mol. The van der Waals surface area contributed by atoms with Crippen molar-refractivity contribution < 1.29 is 0 Å². The summed E-state index contributed by atoms with van der Waals surface area (Å²) >= 11 is 0. The van der Waals surface area contributed by atoms with Gasteiger partial charge in [0.1, 0.15) is 0 Å². The van der Waals surface area contributed by atoms with Crippen molar-refractivity contribution in [2.24, 2.45) is 5.92 Å². The molecule has 2 nitrogen and oxygen atoms in total. The van der Waals surface area contributed by atoms with E-state index in [-0.39, 0.29) is 0 Å². The number of likely N-dealkylation sites (N-methyl/N-ethyl adjacent to an activating group) is 1. The normalized spacial score (nSPS) is 18.1. The maximum atomic E-state index is 3.40. The van der Waals surface area contributed by atoms with E-state index in [4.69, 9.17) is 0 Å². The highest BCUT2D eigenvalue weighted by atomic mass is 15.2. The highest BCUT2D eigenvalue weighted by Crippen LogP contribution is 2.31. The second-order valence-corrected chi connectivity index (χ2v) is 6.51. The second-order valence-electron chi connectivity index (χ2n) is 6.51. The summed E-state index contributed by atoms with van der Waals surface area (Å²) in [5, 5.41) is 3.40. The van der Waals surface area contributed by atoms with Crippen molar-refractivity contribution in [3.63, 3.8) is 0 Å². The van der Waals surface area contributed by atoms with Crippen molar-refractivity contribution in [1.82, 2.24) is 10.2 Å². The molecule has 0 radical (unpaired) electrons. The maximum Gasteiger partial charge on any atom is 0.0475 e. The van der Waals surface area contributed by atoms with Crippen LogP contribution in [0.5, 0.6) is 0 Å². The highest BCUT2D eigenvalue weighted by Gasteiger charge is 2.29. The molecule has 0 spiro atoms. The Hall–Kier alpha value is -0.860. The molecule has 0 aliphatic heterocycles. The maximum absolute atomic E-state index is 3.40. The zero-order valence-corrected chi connectivity index (χ0v) is 13.3. The number of nitrogens with one attached hydrogen (secondary N) is 1. The summed E-state index contributed by atoms with van der Waals surface area (Å²) in [5.41, 5.74) is 1.45. The largest absolute Gasteiger partial charge is 0.318 e. The first-order valence-electron chi connectivity index (χ1n) is 8.17. The van der Waals surface area contributed by atoms with Gasteiger partial charge < -0.3 is 5.32 Å². The molecule has 20 heavy (non-hydrogen) atoms. The van der Waals surface area contributed by atoms with E-state index in [1.165, 1.54) is 37.8 Å². The van der Waals surface area contributed by atoms with Crippen molar-refractivity contribution in [3.05, 3.63) is 35.9 Å². The lowest BCUT2D eigenvalue weighted by Gasteiger charge is -2.38. The van der Waals surface area contributed by atoms with Crippen LogP contribution in [-0.4, -0.2) is 31.1 Å². The molecule has 0 saturated heterocycles. The third-order valence-electron chi connectivity index (χ3n) is 4.35. The molecular weight excluding hydrogens is 244 g/mol. The molecule has 1 fully saturated rings. The van der Waals surface area contributed by atoms with Crippen LogP contribution in [0.25, 0.3) is 0 Å². The van der Waals surface area contributed by atoms with E-state index in [9.17, 15) is 0 Å². The minimum Gasteiger partial charge on any atom is -0.318 e. The van der Waals surface area contributed by atoms with Crippen LogP contribution in [0.2, 0.25) is 0 Å². The van der Waals surface area contributed by atoms with Crippen LogP contribution >= 0.6 is 0 Å². The quantitative estimate of drug-likeness (QED) is 0.812. The highest BCUT2D eigenvalue weighted by molar-refractivity contribution is 5.20. The molecular formula is C18H30N2. The van der Waals surface area contributed by atoms with Crippen LogP contribution in [0, 0.1) is 5.92 Å². The Morgan fingerprint density at radius 2 is 1.80 bits per heavy atom. The van der Waals surface area contributed by atoms with Crippen molar-refractivity contribution in [3.8, 4) is 0 Å². The van der Waals surface area contributed by atoms with Crippen LogP contribution in [0.4, 0.5) is 0 Å². The zero-order valence-electron chi connectivity index (χ0n) is 13.3. The Kier molecular flexibility index (Phi) is 6.06. The van der Waals surface area contributed by atoms with E-state index >= 15 is 0 Å². The molecule has 1 aromatic rings. The van der Waals surface area contributed by atoms with E-state index in [1.54, 1.807) is 0 Å². The first-order valence-corrected chi connectivity index (χ1v) is 8.17. The predicted molar refractivity (Wildman–Crippen MR) is 86.9 cm³/mol. The summed E-state index contributed by atoms with van der Waals surface area (Å²) in [6.07, 6.45) is 5.56. The van der Waals surface area contributed by atoms with Crippen LogP contribution < -0.4 is 5.32 Å². The Morgan fingerprint density at radius 1 is 1.15 bits per heavy atom. The molecule has 1 aromatic carbocycles. The van der Waals surface area contributed by atoms with Crippen LogP contribution in [0.3, 0.4) is 0 Å². The van der Waals surface area contributed by atoms with Gasteiger partial charge in [0.2, 0.25) is 0 Å². The van der Waals surface area contributed by atoms with Gasteiger partial charge in [-0.05, 0) is 31.4 Å². The smallest absolute Gasteiger partial charge is 0.0475 e. The number of hydrogen-bond acceptors (Lipinski definition) is 2. The molecule has 0 heterocycles. The summed E-state index contributed by atoms with van der Waals surface area (Å²) in [6.45, 7) is 6.91. The Balaban J connectivity index is 2.21. The SMILES string of the molecule is CNCC(c1ccccc1)N(CC(C)C)C1CCCC1. The molecule has 1 aliphatic carbocycles. The second kappa shape index (κ2) is 7.80. The van der Waals surface area contributed by atoms with Gasteiger partial charge in [0, 0.05) is 25.2 Å². The van der Waals surface area contributed by atoms with Gasteiger partial charge in [-0.1, -0.05) is 57.0 Å². The molecule has 1 saturated carbocycles. The third kappa shape index (κ3) is 4.07. The first kappa shape index (κ1) is 15.5. The third-order valence-corrected chi connectivity index (χ3v) is 4.35. The van der Waals surface area contributed by atoms with Gasteiger partial charge in [0.15, 0.2) is 0 Å². The van der Waals surface area contributed by atoms with E-state index < -0.39 is 0 Å². The Bertz CT molecular complexity index is 368. The van der Waals surface area contributed by atoms with Crippen molar-refractivity contribution in [1.29, 1.82) is 0 Å². The van der Waals surface area contributed by atoms with Gasteiger partial charge in [-0.25, -0.2) is 0 Å². The fourth-order valence-electron chi connectivity index (χ4n) is 3.48. The van der Waals surface area contributed by atoms with E-state index in [2.05, 4.69) is 61.4 Å². The number of rotatable bonds is 7. The van der Waals surface area contributed by atoms with Gasteiger partial charge in [-0.15, -0.1) is 0 Å². The summed E-state index contributed by atoms with van der Waals surface area (Å²) < 4.78 is 0. The topological polar surface area (TPSA) is 15.3 Å². The average Bonchev–Trinajstić information content (AvgIpc) is 2.97. The molecule has 2 rings (SSSR count). The minimum atomic E-state index is 0.506. The van der Waals surface area contributed by atoms with Crippen molar-refractivity contribution in [2.75, 3.05) is 20.1 Å². The Morgan fingerprint density at radius 3 is 2.35 bits per heavy atom.